The van der Waals surface area contributed by atoms with E-state index < -0.39 is 23.5 Å². The van der Waals surface area contributed by atoms with Gasteiger partial charge in [-0.15, -0.1) is 0 Å². The third-order valence-corrected chi connectivity index (χ3v) is 6.88. The van der Waals surface area contributed by atoms with E-state index >= 15 is 0 Å². The summed E-state index contributed by atoms with van der Waals surface area (Å²) in [5, 5.41) is 11.5. The number of ether oxygens (including phenoxy) is 2. The second-order valence-corrected chi connectivity index (χ2v) is 8.99. The van der Waals surface area contributed by atoms with Crippen molar-refractivity contribution in [2.24, 2.45) is 0 Å². The average Bonchev–Trinajstić information content (AvgIpc) is 3.41. The summed E-state index contributed by atoms with van der Waals surface area (Å²) in [6.45, 7) is 2.34. The fraction of sp³-hybridized carbons (Fsp3) is 0.148. The van der Waals surface area contributed by atoms with Crippen molar-refractivity contribution in [3.63, 3.8) is 0 Å². The predicted molar refractivity (Wildman–Crippen MR) is 135 cm³/mol. The molecule has 4 aromatic rings. The topological polar surface area (TPSA) is 89.0 Å². The van der Waals surface area contributed by atoms with Gasteiger partial charge in [-0.3, -0.25) is 14.5 Å². The van der Waals surface area contributed by atoms with Crippen molar-refractivity contribution in [1.29, 1.82) is 0 Å². The van der Waals surface area contributed by atoms with Gasteiger partial charge in [-0.1, -0.05) is 29.5 Å². The molecule has 36 heavy (non-hydrogen) atoms. The number of para-hydroxylation sites is 1. The van der Waals surface area contributed by atoms with E-state index in [9.17, 15) is 19.1 Å². The molecule has 3 aromatic carbocycles. The predicted octanol–water partition coefficient (Wildman–Crippen LogP) is 5.47. The Hall–Kier alpha value is -4.24. The number of rotatable bonds is 6. The summed E-state index contributed by atoms with van der Waals surface area (Å²) in [6.07, 6.45) is 0. The highest BCUT2D eigenvalue weighted by molar-refractivity contribution is 7.22. The fourth-order valence-electron chi connectivity index (χ4n) is 4.24. The summed E-state index contributed by atoms with van der Waals surface area (Å²) in [4.78, 5) is 32.5. The van der Waals surface area contributed by atoms with Crippen LogP contribution < -0.4 is 14.4 Å². The van der Waals surface area contributed by atoms with Crippen molar-refractivity contribution in [3.8, 4) is 11.5 Å². The number of hydrogen-bond donors (Lipinski definition) is 1. The van der Waals surface area contributed by atoms with Crippen molar-refractivity contribution in [2.75, 3.05) is 18.6 Å². The Morgan fingerprint density at radius 1 is 1.11 bits per heavy atom. The Kier molecular flexibility index (Phi) is 6.15. The van der Waals surface area contributed by atoms with Crippen LogP contribution in [0.3, 0.4) is 0 Å². The number of benzene rings is 3. The summed E-state index contributed by atoms with van der Waals surface area (Å²) in [5.74, 6) is -1.43. The number of carbonyl (C=O) groups is 2. The number of aliphatic hydroxyl groups is 1. The number of aromatic nitrogens is 1. The molecule has 9 heteroatoms. The number of hydrogen-bond acceptors (Lipinski definition) is 7. The van der Waals surface area contributed by atoms with Crippen LogP contribution >= 0.6 is 11.3 Å². The van der Waals surface area contributed by atoms with Gasteiger partial charge in [-0.2, -0.15) is 0 Å². The number of fused-ring (bicyclic) bond motifs is 1. The molecule has 0 saturated carbocycles. The zero-order valence-electron chi connectivity index (χ0n) is 19.4. The zero-order valence-corrected chi connectivity index (χ0v) is 20.2. The highest BCUT2D eigenvalue weighted by atomic mass is 32.1. The molecule has 0 aliphatic carbocycles. The molecule has 0 spiro atoms. The molecule has 1 aromatic heterocycles. The molecule has 5 rings (SSSR count). The molecule has 1 amide bonds. The van der Waals surface area contributed by atoms with Crippen LogP contribution in [0.1, 0.15) is 24.1 Å². The van der Waals surface area contributed by atoms with Crippen LogP contribution in [0.15, 0.2) is 72.3 Å². The first-order valence-corrected chi connectivity index (χ1v) is 12.0. The summed E-state index contributed by atoms with van der Waals surface area (Å²) in [7, 11) is 1.48. The van der Waals surface area contributed by atoms with Crippen molar-refractivity contribution >= 4 is 44.1 Å². The normalized spacial score (nSPS) is 17.1. The van der Waals surface area contributed by atoms with E-state index in [0.717, 1.165) is 11.3 Å². The lowest BCUT2D eigenvalue weighted by molar-refractivity contribution is -0.132. The summed E-state index contributed by atoms with van der Waals surface area (Å²) < 4.78 is 25.3. The molecule has 1 atom stereocenters. The molecule has 1 N–H and O–H groups in total. The van der Waals surface area contributed by atoms with Gasteiger partial charge in [0.25, 0.3) is 5.78 Å². The molecule has 182 valence electrons. The maximum Gasteiger partial charge on any atom is 0.301 e. The van der Waals surface area contributed by atoms with Crippen LogP contribution in [0, 0.1) is 5.82 Å². The molecule has 0 radical (unpaired) electrons. The standard InChI is InChI=1S/C27H21FN2O5S/c1-3-35-17-11-8-15(9-12-17)24(31)22-23(18-6-4-5-7-20(18)34-2)30(26(33)25(22)32)27-29-19-13-10-16(28)14-21(19)36-27/h4-14,23,31H,3H2,1-2H3/b24-22+/t23-/m1/s1. The Labute approximate surface area is 210 Å². The first-order chi connectivity index (χ1) is 17.4. The quantitative estimate of drug-likeness (QED) is 0.213. The first-order valence-electron chi connectivity index (χ1n) is 11.2. The third-order valence-electron chi connectivity index (χ3n) is 5.86. The number of thiazole rings is 1. The van der Waals surface area contributed by atoms with Gasteiger partial charge in [0.15, 0.2) is 5.13 Å². The van der Waals surface area contributed by atoms with Gasteiger partial charge in [0, 0.05) is 11.1 Å². The fourth-order valence-corrected chi connectivity index (χ4v) is 5.25. The van der Waals surface area contributed by atoms with Crippen LogP contribution in [0.4, 0.5) is 9.52 Å². The Bertz CT molecular complexity index is 1510. The molecule has 1 aliphatic heterocycles. The number of halogens is 1. The lowest BCUT2D eigenvalue weighted by Crippen LogP contribution is -2.29. The molecule has 2 heterocycles. The van der Waals surface area contributed by atoms with Gasteiger partial charge in [-0.25, -0.2) is 9.37 Å². The largest absolute Gasteiger partial charge is 0.507 e. The van der Waals surface area contributed by atoms with E-state index in [0.29, 0.717) is 39.4 Å². The van der Waals surface area contributed by atoms with Crippen LogP contribution in [0.25, 0.3) is 16.0 Å². The Morgan fingerprint density at radius 3 is 2.58 bits per heavy atom. The molecule has 0 bridgehead atoms. The monoisotopic (exact) mass is 504 g/mol. The van der Waals surface area contributed by atoms with Gasteiger partial charge < -0.3 is 14.6 Å². The number of amides is 1. The SMILES string of the molecule is CCOc1ccc(/C(O)=C2\C(=O)C(=O)N(c3nc4ccc(F)cc4s3)[C@@H]2c2ccccc2OC)cc1. The molecular formula is C27H21FN2O5S. The maximum atomic E-state index is 13.8. The Balaban J connectivity index is 1.71. The average molecular weight is 505 g/mol. The van der Waals surface area contributed by atoms with Crippen LogP contribution in [0.5, 0.6) is 11.5 Å². The second kappa shape index (κ2) is 9.43. The van der Waals surface area contributed by atoms with E-state index in [1.54, 1.807) is 48.5 Å². The molecule has 0 unspecified atom stereocenters. The summed E-state index contributed by atoms with van der Waals surface area (Å²) in [6, 6.07) is 16.6. The number of Topliss-reactive ketones (excluding diaryl/α,β-unsaturated/α-hetero) is 1. The number of methoxy groups -OCH3 is 1. The number of ketones is 1. The van der Waals surface area contributed by atoms with E-state index in [2.05, 4.69) is 4.98 Å². The van der Waals surface area contributed by atoms with Crippen LogP contribution in [-0.2, 0) is 9.59 Å². The zero-order chi connectivity index (χ0) is 25.4. The summed E-state index contributed by atoms with van der Waals surface area (Å²) >= 11 is 1.08. The molecule has 1 fully saturated rings. The summed E-state index contributed by atoms with van der Waals surface area (Å²) in [5.41, 5.74) is 1.24. The minimum Gasteiger partial charge on any atom is -0.507 e. The lowest BCUT2D eigenvalue weighted by Gasteiger charge is -2.24. The molecule has 7 nitrogen and oxygen atoms in total. The maximum absolute atomic E-state index is 13.8. The smallest absolute Gasteiger partial charge is 0.301 e. The minimum absolute atomic E-state index is 0.0981. The highest BCUT2D eigenvalue weighted by Crippen LogP contribution is 2.46. The van der Waals surface area contributed by atoms with E-state index in [4.69, 9.17) is 9.47 Å². The number of nitrogens with zero attached hydrogens (tertiary/aromatic N) is 2. The number of aliphatic hydroxyl groups excluding tert-OH is 1. The van der Waals surface area contributed by atoms with Crippen molar-refractivity contribution in [1.82, 2.24) is 4.98 Å². The van der Waals surface area contributed by atoms with Crippen molar-refractivity contribution in [3.05, 3.63) is 89.2 Å². The van der Waals surface area contributed by atoms with Crippen molar-refractivity contribution in [2.45, 2.75) is 13.0 Å². The van der Waals surface area contributed by atoms with Crippen LogP contribution in [-0.4, -0.2) is 35.5 Å². The van der Waals surface area contributed by atoms with Gasteiger partial charge in [-0.05, 0) is 55.5 Å². The van der Waals surface area contributed by atoms with Gasteiger partial charge in [0.1, 0.15) is 29.1 Å². The second-order valence-electron chi connectivity index (χ2n) is 7.98. The van der Waals surface area contributed by atoms with Gasteiger partial charge >= 0.3 is 5.91 Å². The molecule has 1 aliphatic rings. The van der Waals surface area contributed by atoms with E-state index in [1.807, 2.05) is 6.92 Å². The first kappa shape index (κ1) is 23.5. The van der Waals surface area contributed by atoms with Gasteiger partial charge in [0.05, 0.1) is 29.5 Å². The lowest BCUT2D eigenvalue weighted by atomic mass is 9.94. The number of anilines is 1. The van der Waals surface area contributed by atoms with Crippen LogP contribution in [0.2, 0.25) is 0 Å². The molecule has 1 saturated heterocycles. The Morgan fingerprint density at radius 2 is 1.86 bits per heavy atom. The minimum atomic E-state index is -1.02. The van der Waals surface area contributed by atoms with Gasteiger partial charge in [0.2, 0.25) is 0 Å². The third kappa shape index (κ3) is 3.97. The highest BCUT2D eigenvalue weighted by Gasteiger charge is 2.49. The van der Waals surface area contributed by atoms with E-state index in [-0.39, 0.29) is 16.5 Å². The van der Waals surface area contributed by atoms with Crippen molar-refractivity contribution < 1.29 is 28.6 Å². The number of carbonyl (C=O) groups excluding carboxylic acids is 2. The van der Waals surface area contributed by atoms with E-state index in [1.165, 1.54) is 30.2 Å². The molecular weight excluding hydrogens is 483 g/mol.